The van der Waals surface area contributed by atoms with Crippen molar-refractivity contribution in [3.05, 3.63) is 59.7 Å². The van der Waals surface area contributed by atoms with Crippen LogP contribution in [0.25, 0.3) is 0 Å². The first-order valence-corrected chi connectivity index (χ1v) is 7.51. The second-order valence-corrected chi connectivity index (χ2v) is 5.46. The monoisotopic (exact) mass is 328 g/mol. The molecule has 2 aromatic carbocycles. The average Bonchev–Trinajstić information content (AvgIpc) is 2.62. The zero-order valence-corrected chi connectivity index (χ0v) is 13.6. The molecule has 0 radical (unpaired) electrons. The van der Waals surface area contributed by atoms with Crippen molar-refractivity contribution in [1.29, 1.82) is 0 Å². The van der Waals surface area contributed by atoms with Crippen molar-refractivity contribution in [2.45, 2.75) is 13.3 Å². The van der Waals surface area contributed by atoms with Gasteiger partial charge in [-0.1, -0.05) is 19.1 Å². The number of carbonyl (C=O) groups is 2. The number of benzene rings is 2. The Balaban J connectivity index is 1.94. The predicted molar refractivity (Wildman–Crippen MR) is 90.2 cm³/mol. The summed E-state index contributed by atoms with van der Waals surface area (Å²) in [5.74, 6) is -0.151. The molecule has 0 aliphatic rings. The van der Waals surface area contributed by atoms with Crippen LogP contribution in [0.2, 0.25) is 0 Å². The molecule has 0 aliphatic carbocycles. The fourth-order valence-corrected chi connectivity index (χ4v) is 2.24. The maximum Gasteiger partial charge on any atom is 0.274 e. The lowest BCUT2D eigenvalue weighted by Gasteiger charge is -2.13. The van der Waals surface area contributed by atoms with E-state index in [1.54, 1.807) is 61.1 Å². The quantitative estimate of drug-likeness (QED) is 0.562. The normalized spacial score (nSPS) is 11.5. The highest BCUT2D eigenvalue weighted by atomic mass is 16.5. The van der Waals surface area contributed by atoms with Gasteiger partial charge in [0.1, 0.15) is 5.75 Å². The third-order valence-corrected chi connectivity index (χ3v) is 3.66. The van der Waals surface area contributed by atoms with Gasteiger partial charge in [0.2, 0.25) is 5.91 Å². The van der Waals surface area contributed by atoms with E-state index in [-0.39, 0.29) is 11.8 Å². The summed E-state index contributed by atoms with van der Waals surface area (Å²) in [4.78, 5) is 23.5. The highest BCUT2D eigenvalue weighted by Crippen LogP contribution is 2.17. The van der Waals surface area contributed by atoms with Gasteiger partial charge in [-0.05, 0) is 48.4 Å². The molecule has 0 spiro atoms. The summed E-state index contributed by atoms with van der Waals surface area (Å²) in [5, 5.41) is 11.4. The van der Waals surface area contributed by atoms with Gasteiger partial charge in [0, 0.05) is 17.2 Å². The number of hydrogen-bond donors (Lipinski definition) is 3. The number of methoxy groups -OCH3 is 1. The smallest absolute Gasteiger partial charge is 0.274 e. The molecule has 0 saturated carbocycles. The van der Waals surface area contributed by atoms with Gasteiger partial charge in [0.25, 0.3) is 5.91 Å². The summed E-state index contributed by atoms with van der Waals surface area (Å²) in [6.07, 6.45) is 0.545. The molecule has 1 unspecified atom stereocenters. The molecule has 1 atom stereocenters. The lowest BCUT2D eigenvalue weighted by Crippen LogP contribution is -2.22. The number of hydrogen-bond acceptors (Lipinski definition) is 4. The van der Waals surface area contributed by atoms with Gasteiger partial charge in [-0.15, -0.1) is 0 Å². The largest absolute Gasteiger partial charge is 0.497 e. The van der Waals surface area contributed by atoms with Gasteiger partial charge in [-0.3, -0.25) is 14.8 Å². The summed E-state index contributed by atoms with van der Waals surface area (Å²) in [7, 11) is 1.59. The number of amides is 2. The first-order valence-electron chi connectivity index (χ1n) is 7.51. The minimum Gasteiger partial charge on any atom is -0.497 e. The number of nitrogens with one attached hydrogen (secondary N) is 2. The van der Waals surface area contributed by atoms with Crippen LogP contribution in [0.3, 0.4) is 0 Å². The molecule has 6 heteroatoms. The number of anilines is 1. The van der Waals surface area contributed by atoms with Gasteiger partial charge >= 0.3 is 0 Å². The van der Waals surface area contributed by atoms with Crippen LogP contribution in [-0.4, -0.2) is 24.1 Å². The summed E-state index contributed by atoms with van der Waals surface area (Å²) in [5.41, 5.74) is 3.58. The van der Waals surface area contributed by atoms with Crippen molar-refractivity contribution >= 4 is 17.5 Å². The average molecular weight is 328 g/mol. The molecule has 0 fully saturated rings. The SMILES string of the molecule is COc1ccc(NC(=O)C(C)Cc2ccc(C(=O)NO)cc2)cc1. The molecule has 0 aromatic heterocycles. The van der Waals surface area contributed by atoms with E-state index < -0.39 is 5.91 Å². The minimum absolute atomic E-state index is 0.0858. The fraction of sp³-hybridized carbons (Fsp3) is 0.222. The molecule has 0 bridgehead atoms. The lowest BCUT2D eigenvalue weighted by atomic mass is 9.99. The molecule has 2 rings (SSSR count). The standard InChI is InChI=1S/C18H20N2O4/c1-12(11-13-3-5-14(6-4-13)18(22)20-23)17(21)19-15-7-9-16(24-2)10-8-15/h3-10,12,23H,11H2,1-2H3,(H,19,21)(H,20,22). The Kier molecular flexibility index (Phi) is 5.92. The number of hydroxylamine groups is 1. The first-order chi connectivity index (χ1) is 11.5. The molecular weight excluding hydrogens is 308 g/mol. The Morgan fingerprint density at radius 1 is 1.08 bits per heavy atom. The van der Waals surface area contributed by atoms with Gasteiger partial charge in [0.15, 0.2) is 0 Å². The zero-order chi connectivity index (χ0) is 17.5. The van der Waals surface area contributed by atoms with E-state index in [0.717, 1.165) is 11.3 Å². The Labute approximate surface area is 140 Å². The second kappa shape index (κ2) is 8.12. The highest BCUT2D eigenvalue weighted by Gasteiger charge is 2.14. The topological polar surface area (TPSA) is 87.7 Å². The number of carbonyl (C=O) groups excluding carboxylic acids is 2. The summed E-state index contributed by atoms with van der Waals surface area (Å²) >= 11 is 0. The molecule has 2 aromatic rings. The first kappa shape index (κ1) is 17.5. The van der Waals surface area contributed by atoms with Crippen molar-refractivity contribution < 1.29 is 19.5 Å². The Morgan fingerprint density at radius 2 is 1.71 bits per heavy atom. The maximum absolute atomic E-state index is 12.3. The van der Waals surface area contributed by atoms with Crippen molar-refractivity contribution in [2.75, 3.05) is 12.4 Å². The van der Waals surface area contributed by atoms with Crippen molar-refractivity contribution in [2.24, 2.45) is 5.92 Å². The van der Waals surface area contributed by atoms with E-state index >= 15 is 0 Å². The third kappa shape index (κ3) is 4.57. The van der Waals surface area contributed by atoms with Crippen LogP contribution in [0.4, 0.5) is 5.69 Å². The molecule has 0 aliphatic heterocycles. The van der Waals surface area contributed by atoms with Crippen LogP contribution in [0.1, 0.15) is 22.8 Å². The van der Waals surface area contributed by atoms with Gasteiger partial charge in [-0.25, -0.2) is 5.48 Å². The van der Waals surface area contributed by atoms with Crippen LogP contribution in [0.5, 0.6) is 5.75 Å². The lowest BCUT2D eigenvalue weighted by molar-refractivity contribution is -0.119. The van der Waals surface area contributed by atoms with Crippen LogP contribution < -0.4 is 15.5 Å². The minimum atomic E-state index is -0.563. The van der Waals surface area contributed by atoms with Crippen molar-refractivity contribution in [1.82, 2.24) is 5.48 Å². The molecule has 126 valence electrons. The van der Waals surface area contributed by atoms with Crippen LogP contribution in [0.15, 0.2) is 48.5 Å². The van der Waals surface area contributed by atoms with E-state index in [2.05, 4.69) is 5.32 Å². The molecule has 3 N–H and O–H groups in total. The van der Waals surface area contributed by atoms with E-state index in [1.807, 2.05) is 6.92 Å². The van der Waals surface area contributed by atoms with E-state index in [0.29, 0.717) is 17.7 Å². The van der Waals surface area contributed by atoms with Gasteiger partial charge in [0.05, 0.1) is 7.11 Å². The van der Waals surface area contributed by atoms with Gasteiger partial charge in [-0.2, -0.15) is 0 Å². The summed E-state index contributed by atoms with van der Waals surface area (Å²) in [6.45, 7) is 1.84. The van der Waals surface area contributed by atoms with E-state index in [4.69, 9.17) is 9.94 Å². The van der Waals surface area contributed by atoms with Crippen molar-refractivity contribution in [3.63, 3.8) is 0 Å². The summed E-state index contributed by atoms with van der Waals surface area (Å²) < 4.78 is 5.08. The van der Waals surface area contributed by atoms with Crippen LogP contribution in [0, 0.1) is 5.92 Å². The zero-order valence-electron chi connectivity index (χ0n) is 13.6. The summed E-state index contributed by atoms with van der Waals surface area (Å²) in [6, 6.07) is 13.9. The molecule has 24 heavy (non-hydrogen) atoms. The molecular formula is C18H20N2O4. The molecule has 0 heterocycles. The van der Waals surface area contributed by atoms with Crippen LogP contribution >= 0.6 is 0 Å². The molecule has 6 nitrogen and oxygen atoms in total. The molecule has 0 saturated heterocycles. The Morgan fingerprint density at radius 3 is 2.25 bits per heavy atom. The Hall–Kier alpha value is -2.86. The maximum atomic E-state index is 12.3. The second-order valence-electron chi connectivity index (χ2n) is 5.46. The number of ether oxygens (including phenoxy) is 1. The van der Waals surface area contributed by atoms with Crippen LogP contribution in [-0.2, 0) is 11.2 Å². The van der Waals surface area contributed by atoms with E-state index in [9.17, 15) is 9.59 Å². The predicted octanol–water partition coefficient (Wildman–Crippen LogP) is 2.63. The van der Waals surface area contributed by atoms with E-state index in [1.165, 1.54) is 0 Å². The fourth-order valence-electron chi connectivity index (χ4n) is 2.24. The van der Waals surface area contributed by atoms with Crippen molar-refractivity contribution in [3.8, 4) is 5.75 Å². The van der Waals surface area contributed by atoms with Gasteiger partial charge < -0.3 is 10.1 Å². The Bertz CT molecular complexity index is 696. The third-order valence-electron chi connectivity index (χ3n) is 3.66. The highest BCUT2D eigenvalue weighted by molar-refractivity contribution is 5.93. The number of rotatable bonds is 6. The molecule has 2 amide bonds.